The second kappa shape index (κ2) is 16.6. The Kier molecular flexibility index (Phi) is 12.3. The molecule has 2 saturated heterocycles. The number of hydrogen-bond acceptors (Lipinski definition) is 15. The van der Waals surface area contributed by atoms with Gasteiger partial charge in [-0.2, -0.15) is 15.4 Å². The highest BCUT2D eigenvalue weighted by atomic mass is 31.2. The molecule has 0 amide bonds. The number of nitriles is 1. The fourth-order valence-corrected chi connectivity index (χ4v) is 7.13. The molecular formula is C33H41N6O11P. The SMILES string of the molecule is CCC(=O)O[C@@H]1[C@H](c2ccc3c(N)ncnn23)O[C@](C#N)(COP(=O)(NC(C)C(=O)OCC2CCOCC2)Oc2ccccc2)[C@H]1OC(=O)CC. The van der Waals surface area contributed by atoms with Crippen molar-refractivity contribution in [2.75, 3.05) is 32.2 Å². The smallest absolute Gasteiger partial charge is 0.459 e. The Morgan fingerprint density at radius 2 is 1.82 bits per heavy atom. The molecule has 0 bridgehead atoms. The van der Waals surface area contributed by atoms with Crippen LogP contribution in [0.5, 0.6) is 5.75 Å². The summed E-state index contributed by atoms with van der Waals surface area (Å²) in [6, 6.07) is 12.0. The van der Waals surface area contributed by atoms with Crippen molar-refractivity contribution < 1.29 is 51.7 Å². The maximum absolute atomic E-state index is 14.5. The summed E-state index contributed by atoms with van der Waals surface area (Å²) in [4.78, 5) is 42.6. The molecule has 2 unspecified atom stereocenters. The number of rotatable bonds is 15. The zero-order valence-corrected chi connectivity index (χ0v) is 29.4. The number of para-hydroxylation sites is 1. The summed E-state index contributed by atoms with van der Waals surface area (Å²) in [6.07, 6.45) is -1.71. The summed E-state index contributed by atoms with van der Waals surface area (Å²) in [5.74, 6) is -1.74. The lowest BCUT2D eigenvalue weighted by molar-refractivity contribution is -0.169. The first-order chi connectivity index (χ1) is 24.5. The predicted molar refractivity (Wildman–Crippen MR) is 178 cm³/mol. The zero-order valence-electron chi connectivity index (χ0n) is 28.5. The Morgan fingerprint density at radius 3 is 2.51 bits per heavy atom. The number of nitrogens with zero attached hydrogens (tertiary/aromatic N) is 4. The van der Waals surface area contributed by atoms with Gasteiger partial charge in [0, 0.05) is 26.1 Å². The predicted octanol–water partition coefficient (Wildman–Crippen LogP) is 3.44. The molecule has 17 nitrogen and oxygen atoms in total. The summed E-state index contributed by atoms with van der Waals surface area (Å²) >= 11 is 0. The van der Waals surface area contributed by atoms with Gasteiger partial charge in [-0.15, -0.1) is 0 Å². The van der Waals surface area contributed by atoms with E-state index in [4.69, 9.17) is 38.5 Å². The summed E-state index contributed by atoms with van der Waals surface area (Å²) in [6.45, 7) is 4.99. The summed E-state index contributed by atoms with van der Waals surface area (Å²) < 4.78 is 56.2. The highest BCUT2D eigenvalue weighted by Gasteiger charge is 2.62. The molecule has 4 heterocycles. The van der Waals surface area contributed by atoms with Crippen LogP contribution in [-0.2, 0) is 47.2 Å². The van der Waals surface area contributed by atoms with Crippen LogP contribution in [-0.4, -0.2) is 82.8 Å². The molecule has 51 heavy (non-hydrogen) atoms. The van der Waals surface area contributed by atoms with E-state index in [-0.39, 0.29) is 42.6 Å². The number of carbonyl (C=O) groups is 3. The van der Waals surface area contributed by atoms with Gasteiger partial charge >= 0.3 is 25.7 Å². The van der Waals surface area contributed by atoms with Crippen molar-refractivity contribution in [2.45, 2.75) is 76.4 Å². The molecule has 2 fully saturated rings. The summed E-state index contributed by atoms with van der Waals surface area (Å²) in [5.41, 5.74) is 4.49. The lowest BCUT2D eigenvalue weighted by atomic mass is 9.95. The van der Waals surface area contributed by atoms with Crippen LogP contribution < -0.4 is 15.3 Å². The van der Waals surface area contributed by atoms with Crippen molar-refractivity contribution >= 4 is 37.0 Å². The third kappa shape index (κ3) is 8.84. The first-order valence-corrected chi connectivity index (χ1v) is 18.1. The van der Waals surface area contributed by atoms with Crippen molar-refractivity contribution in [1.29, 1.82) is 5.26 Å². The van der Waals surface area contributed by atoms with Gasteiger partial charge in [-0.3, -0.25) is 18.9 Å². The fraction of sp³-hybridized carbons (Fsp3) is 0.515. The molecular weight excluding hydrogens is 687 g/mol. The van der Waals surface area contributed by atoms with Gasteiger partial charge in [-0.25, -0.2) is 14.1 Å². The molecule has 0 saturated carbocycles. The van der Waals surface area contributed by atoms with E-state index in [1.807, 2.05) is 6.07 Å². The number of carbonyl (C=O) groups excluding carboxylic acids is 3. The molecule has 3 N–H and O–H groups in total. The number of nitrogens with one attached hydrogen (secondary N) is 1. The summed E-state index contributed by atoms with van der Waals surface area (Å²) in [5, 5.41) is 17.6. The number of fused-ring (bicyclic) bond motifs is 1. The van der Waals surface area contributed by atoms with Gasteiger partial charge in [0.2, 0.25) is 5.60 Å². The van der Waals surface area contributed by atoms with Gasteiger partial charge in [0.25, 0.3) is 0 Å². The molecule has 0 radical (unpaired) electrons. The Bertz CT molecular complexity index is 1780. The van der Waals surface area contributed by atoms with Crippen LogP contribution in [0.1, 0.15) is 58.3 Å². The Balaban J connectivity index is 1.47. The number of nitrogens with two attached hydrogens (primary N) is 1. The molecule has 18 heteroatoms. The fourth-order valence-electron chi connectivity index (χ4n) is 5.61. The monoisotopic (exact) mass is 728 g/mol. The van der Waals surface area contributed by atoms with E-state index in [1.54, 1.807) is 44.2 Å². The Hall–Kier alpha value is -4.59. The van der Waals surface area contributed by atoms with E-state index in [0.29, 0.717) is 18.7 Å². The zero-order chi connectivity index (χ0) is 36.6. The molecule has 0 aliphatic carbocycles. The van der Waals surface area contributed by atoms with E-state index in [2.05, 4.69) is 15.2 Å². The standard InChI is InChI=1S/C33H41N6O11P/c1-4-26(40)47-29-28(24-11-12-25-31(35)36-20-37-39(24)25)49-33(18-34,30(29)48-27(41)5-2)19-46-51(43,50-23-9-7-6-8-10-23)38-21(3)32(42)45-17-22-13-15-44-16-14-22/h6-12,20-22,28-30H,4-5,13-17,19H2,1-3H3,(H,38,43)(H2,35,36,37)/t21?,28-,29+,30-,33+,51?/m0/s1. The number of ether oxygens (including phenoxy) is 5. The van der Waals surface area contributed by atoms with Gasteiger partial charge in [-0.05, 0) is 49.9 Å². The van der Waals surface area contributed by atoms with Crippen LogP contribution in [0.15, 0.2) is 48.8 Å². The molecule has 2 aliphatic rings. The number of aromatic nitrogens is 3. The average molecular weight is 729 g/mol. The van der Waals surface area contributed by atoms with Crippen molar-refractivity contribution in [2.24, 2.45) is 5.92 Å². The third-order valence-electron chi connectivity index (χ3n) is 8.41. The minimum atomic E-state index is -4.55. The van der Waals surface area contributed by atoms with Crippen molar-refractivity contribution in [3.8, 4) is 11.8 Å². The third-order valence-corrected chi connectivity index (χ3v) is 10.0. The minimum Gasteiger partial charge on any atom is -0.464 e. The number of esters is 3. The van der Waals surface area contributed by atoms with Gasteiger partial charge in [-0.1, -0.05) is 32.0 Å². The summed E-state index contributed by atoms with van der Waals surface area (Å²) in [7, 11) is -4.55. The van der Waals surface area contributed by atoms with Crippen LogP contribution in [0.3, 0.4) is 0 Å². The molecule has 3 aromatic rings. The van der Waals surface area contributed by atoms with Gasteiger partial charge < -0.3 is 33.9 Å². The number of hydrogen-bond donors (Lipinski definition) is 2. The van der Waals surface area contributed by atoms with E-state index >= 15 is 0 Å². The van der Waals surface area contributed by atoms with Crippen LogP contribution in [0.4, 0.5) is 5.82 Å². The molecule has 2 aromatic heterocycles. The number of anilines is 1. The minimum absolute atomic E-state index is 0.0513. The average Bonchev–Trinajstić information content (AvgIpc) is 3.70. The first-order valence-electron chi connectivity index (χ1n) is 16.6. The second-order valence-electron chi connectivity index (χ2n) is 12.0. The highest BCUT2D eigenvalue weighted by Crippen LogP contribution is 2.50. The Morgan fingerprint density at radius 1 is 1.12 bits per heavy atom. The van der Waals surface area contributed by atoms with Crippen LogP contribution in [0, 0.1) is 17.2 Å². The lowest BCUT2D eigenvalue weighted by Crippen LogP contribution is -2.49. The normalized spacial score (nSPS) is 23.8. The molecule has 0 spiro atoms. The molecule has 6 atom stereocenters. The highest BCUT2D eigenvalue weighted by molar-refractivity contribution is 7.52. The van der Waals surface area contributed by atoms with Gasteiger partial charge in [0.05, 0.1) is 12.3 Å². The topological polar surface area (TPSA) is 225 Å². The largest absolute Gasteiger partial charge is 0.464 e. The van der Waals surface area contributed by atoms with Gasteiger partial charge in [0.15, 0.2) is 18.0 Å². The Labute approximate surface area is 294 Å². The van der Waals surface area contributed by atoms with Crippen molar-refractivity contribution in [1.82, 2.24) is 19.7 Å². The second-order valence-corrected chi connectivity index (χ2v) is 13.7. The van der Waals surface area contributed by atoms with E-state index in [0.717, 1.165) is 12.8 Å². The van der Waals surface area contributed by atoms with Crippen molar-refractivity contribution in [3.05, 3.63) is 54.5 Å². The van der Waals surface area contributed by atoms with E-state index in [1.165, 1.54) is 29.9 Å². The van der Waals surface area contributed by atoms with Crippen LogP contribution in [0.2, 0.25) is 0 Å². The van der Waals surface area contributed by atoms with Crippen molar-refractivity contribution in [3.63, 3.8) is 0 Å². The maximum Gasteiger partial charge on any atom is 0.459 e. The lowest BCUT2D eigenvalue weighted by Gasteiger charge is -2.30. The molecule has 1 aromatic carbocycles. The molecule has 2 aliphatic heterocycles. The van der Waals surface area contributed by atoms with E-state index < -0.39 is 62.2 Å². The first kappa shape index (κ1) is 37.7. The number of benzene rings is 1. The molecule has 5 rings (SSSR count). The van der Waals surface area contributed by atoms with Gasteiger partial charge in [0.1, 0.15) is 42.4 Å². The molecule has 274 valence electrons. The maximum atomic E-state index is 14.5. The van der Waals surface area contributed by atoms with E-state index in [9.17, 15) is 24.2 Å². The van der Waals surface area contributed by atoms with Crippen LogP contribution in [0.25, 0.3) is 5.52 Å². The van der Waals surface area contributed by atoms with Crippen LogP contribution >= 0.6 is 7.75 Å². The quantitative estimate of drug-likeness (QED) is 0.130. The number of nitrogen functional groups attached to an aromatic ring is 1.